The molecule has 1 unspecified atom stereocenters. The molecular weight excluding hydrogens is 451 g/mol. The molecule has 2 rings (SSSR count). The van der Waals surface area contributed by atoms with Gasteiger partial charge in [0.15, 0.2) is 5.96 Å². The highest BCUT2D eigenvalue weighted by molar-refractivity contribution is 14.0. The van der Waals surface area contributed by atoms with Gasteiger partial charge in [-0.05, 0) is 25.3 Å². The van der Waals surface area contributed by atoms with Crippen LogP contribution in [-0.4, -0.2) is 48.5 Å². The lowest BCUT2D eigenvalue weighted by Crippen LogP contribution is -2.48. The number of aliphatic imine (C=N–C) groups is 1. The summed E-state index contributed by atoms with van der Waals surface area (Å²) in [4.78, 5) is 28.6. The van der Waals surface area contributed by atoms with Crippen molar-refractivity contribution in [1.29, 1.82) is 0 Å². The molecule has 9 heteroatoms. The van der Waals surface area contributed by atoms with Gasteiger partial charge in [-0.1, -0.05) is 12.1 Å². The van der Waals surface area contributed by atoms with Crippen LogP contribution in [0.1, 0.15) is 25.3 Å². The Morgan fingerprint density at radius 1 is 1.42 bits per heavy atom. The number of esters is 1. The minimum Gasteiger partial charge on any atom is -0.466 e. The Morgan fingerprint density at radius 3 is 2.69 bits per heavy atom. The first-order valence-corrected chi connectivity index (χ1v) is 8.40. The predicted octanol–water partition coefficient (Wildman–Crippen LogP) is 2.56. The first-order chi connectivity index (χ1) is 12.0. The fraction of sp³-hybridized carbons (Fsp3) is 0.529. The summed E-state index contributed by atoms with van der Waals surface area (Å²) in [6.45, 7) is 4.12. The summed E-state index contributed by atoms with van der Waals surface area (Å²) >= 11 is 0. The molecule has 0 spiro atoms. The Kier molecular flexibility index (Phi) is 9.31. The number of nitrogens with one attached hydrogen (secondary N) is 1. The number of ether oxygens (including phenoxy) is 1. The number of carbonyl (C=O) groups is 1. The standard InChI is InChI=1S/C17H24N4O4.HI/c1-3-25-16(22)14-5-4-10-20(12-14)17(18-2)19-11-13-6-8-15(9-7-13)21(23)24;/h6-9,14H,3-5,10-12H2,1-2H3,(H,18,19);1H. The molecule has 1 heterocycles. The summed E-state index contributed by atoms with van der Waals surface area (Å²) in [5.74, 6) is 0.428. The number of rotatable bonds is 5. The number of hydrogen-bond acceptors (Lipinski definition) is 5. The second-order valence-electron chi connectivity index (χ2n) is 5.86. The number of guanidine groups is 1. The van der Waals surface area contributed by atoms with Crippen LogP contribution >= 0.6 is 24.0 Å². The molecule has 1 atom stereocenters. The summed E-state index contributed by atoms with van der Waals surface area (Å²) in [5, 5.41) is 13.9. The fourth-order valence-electron chi connectivity index (χ4n) is 2.87. The van der Waals surface area contributed by atoms with Crippen LogP contribution in [0.15, 0.2) is 29.3 Å². The lowest BCUT2D eigenvalue weighted by molar-refractivity contribution is -0.384. The van der Waals surface area contributed by atoms with Crippen molar-refractivity contribution in [2.24, 2.45) is 10.9 Å². The normalized spacial score (nSPS) is 17.2. The van der Waals surface area contributed by atoms with E-state index in [1.165, 1.54) is 12.1 Å². The maximum Gasteiger partial charge on any atom is 0.310 e. The summed E-state index contributed by atoms with van der Waals surface area (Å²) in [7, 11) is 1.70. The monoisotopic (exact) mass is 476 g/mol. The number of nitro benzene ring substituents is 1. The van der Waals surface area contributed by atoms with Gasteiger partial charge in [-0.25, -0.2) is 0 Å². The quantitative estimate of drug-likeness (QED) is 0.175. The van der Waals surface area contributed by atoms with Crippen LogP contribution < -0.4 is 5.32 Å². The molecule has 0 bridgehead atoms. The van der Waals surface area contributed by atoms with Crippen molar-refractivity contribution in [1.82, 2.24) is 10.2 Å². The molecule has 1 fully saturated rings. The third kappa shape index (κ3) is 6.11. The molecule has 1 saturated heterocycles. The lowest BCUT2D eigenvalue weighted by Gasteiger charge is -2.34. The van der Waals surface area contributed by atoms with Crippen LogP contribution in [0.5, 0.6) is 0 Å². The molecule has 0 radical (unpaired) electrons. The van der Waals surface area contributed by atoms with Crippen molar-refractivity contribution in [2.75, 3.05) is 26.7 Å². The fourth-order valence-corrected chi connectivity index (χ4v) is 2.87. The number of nitro groups is 1. The molecule has 1 aromatic carbocycles. The van der Waals surface area contributed by atoms with Crippen molar-refractivity contribution >= 4 is 41.6 Å². The van der Waals surface area contributed by atoms with Crippen LogP contribution in [0.3, 0.4) is 0 Å². The molecule has 0 amide bonds. The number of carbonyl (C=O) groups excluding carboxylic acids is 1. The van der Waals surface area contributed by atoms with E-state index in [0.717, 1.165) is 24.9 Å². The first-order valence-electron chi connectivity index (χ1n) is 8.40. The zero-order valence-electron chi connectivity index (χ0n) is 15.0. The SMILES string of the molecule is CCOC(=O)C1CCCN(C(=NC)NCc2ccc([N+](=O)[O-])cc2)C1.I. The summed E-state index contributed by atoms with van der Waals surface area (Å²) in [6.07, 6.45) is 1.73. The Balaban J connectivity index is 0.00000338. The minimum absolute atomic E-state index is 0. The van der Waals surface area contributed by atoms with E-state index in [1.807, 2.05) is 6.92 Å². The molecule has 1 aliphatic rings. The lowest BCUT2D eigenvalue weighted by atomic mass is 9.98. The van der Waals surface area contributed by atoms with E-state index in [1.54, 1.807) is 19.2 Å². The van der Waals surface area contributed by atoms with E-state index in [2.05, 4.69) is 15.2 Å². The molecule has 8 nitrogen and oxygen atoms in total. The summed E-state index contributed by atoms with van der Waals surface area (Å²) in [5.41, 5.74) is 0.993. The van der Waals surface area contributed by atoms with Gasteiger partial charge < -0.3 is 15.0 Å². The Morgan fingerprint density at radius 2 is 2.12 bits per heavy atom. The molecule has 1 aromatic rings. The maximum absolute atomic E-state index is 12.0. The minimum atomic E-state index is -0.417. The van der Waals surface area contributed by atoms with Gasteiger partial charge in [0.1, 0.15) is 0 Å². The van der Waals surface area contributed by atoms with E-state index in [9.17, 15) is 14.9 Å². The smallest absolute Gasteiger partial charge is 0.310 e. The van der Waals surface area contributed by atoms with Crippen molar-refractivity contribution in [3.05, 3.63) is 39.9 Å². The molecule has 144 valence electrons. The van der Waals surface area contributed by atoms with Gasteiger partial charge >= 0.3 is 5.97 Å². The second-order valence-corrected chi connectivity index (χ2v) is 5.86. The van der Waals surface area contributed by atoms with Crippen LogP contribution in [0.25, 0.3) is 0 Å². The van der Waals surface area contributed by atoms with Crippen molar-refractivity contribution < 1.29 is 14.5 Å². The number of hydrogen-bond donors (Lipinski definition) is 1. The largest absolute Gasteiger partial charge is 0.466 e. The van der Waals surface area contributed by atoms with Gasteiger partial charge in [-0.15, -0.1) is 24.0 Å². The Labute approximate surface area is 170 Å². The topological polar surface area (TPSA) is 97.1 Å². The van der Waals surface area contributed by atoms with E-state index >= 15 is 0 Å². The summed E-state index contributed by atoms with van der Waals surface area (Å²) in [6, 6.07) is 6.40. The molecule has 1 aliphatic heterocycles. The average molecular weight is 476 g/mol. The highest BCUT2D eigenvalue weighted by Crippen LogP contribution is 2.18. The second kappa shape index (κ2) is 10.9. The van der Waals surface area contributed by atoms with Crippen LogP contribution in [0.2, 0.25) is 0 Å². The Hall–Kier alpha value is -1.91. The van der Waals surface area contributed by atoms with Crippen LogP contribution in [0.4, 0.5) is 5.69 Å². The third-order valence-electron chi connectivity index (χ3n) is 4.15. The zero-order valence-corrected chi connectivity index (χ0v) is 17.3. The van der Waals surface area contributed by atoms with Crippen molar-refractivity contribution in [3.8, 4) is 0 Å². The van der Waals surface area contributed by atoms with Gasteiger partial charge in [0, 0.05) is 38.8 Å². The maximum atomic E-state index is 12.0. The van der Waals surface area contributed by atoms with E-state index < -0.39 is 4.92 Å². The van der Waals surface area contributed by atoms with E-state index in [-0.39, 0.29) is 41.6 Å². The number of benzene rings is 1. The molecule has 0 aliphatic carbocycles. The zero-order chi connectivity index (χ0) is 18.2. The highest BCUT2D eigenvalue weighted by atomic mass is 127. The van der Waals surface area contributed by atoms with E-state index in [0.29, 0.717) is 25.7 Å². The van der Waals surface area contributed by atoms with Gasteiger partial charge in [0.05, 0.1) is 17.4 Å². The molecular formula is C17H25IN4O4. The number of nitrogens with zero attached hydrogens (tertiary/aromatic N) is 3. The molecule has 0 aromatic heterocycles. The predicted molar refractivity (Wildman–Crippen MR) is 110 cm³/mol. The highest BCUT2D eigenvalue weighted by Gasteiger charge is 2.28. The molecule has 0 saturated carbocycles. The number of non-ortho nitro benzene ring substituents is 1. The van der Waals surface area contributed by atoms with Crippen molar-refractivity contribution in [3.63, 3.8) is 0 Å². The number of likely N-dealkylation sites (tertiary alicyclic amines) is 1. The molecule has 26 heavy (non-hydrogen) atoms. The molecule has 1 N–H and O–H groups in total. The van der Waals surface area contributed by atoms with Crippen molar-refractivity contribution in [2.45, 2.75) is 26.3 Å². The van der Waals surface area contributed by atoms with E-state index in [4.69, 9.17) is 4.74 Å². The summed E-state index contributed by atoms with van der Waals surface area (Å²) < 4.78 is 5.12. The number of piperidine rings is 1. The van der Waals surface area contributed by atoms with Crippen LogP contribution in [-0.2, 0) is 16.1 Å². The van der Waals surface area contributed by atoms with Gasteiger partial charge in [0.2, 0.25) is 0 Å². The van der Waals surface area contributed by atoms with Gasteiger partial charge in [-0.3, -0.25) is 19.9 Å². The van der Waals surface area contributed by atoms with Crippen LogP contribution in [0, 0.1) is 16.0 Å². The van der Waals surface area contributed by atoms with Gasteiger partial charge in [0.25, 0.3) is 5.69 Å². The average Bonchev–Trinajstić information content (AvgIpc) is 2.63. The number of halogens is 1. The first kappa shape index (κ1) is 22.1. The third-order valence-corrected chi connectivity index (χ3v) is 4.15. The Bertz CT molecular complexity index is 636. The van der Waals surface area contributed by atoms with Gasteiger partial charge in [-0.2, -0.15) is 0 Å².